The number of benzene rings is 2. The number of thioether (sulfide) groups is 1. The van der Waals surface area contributed by atoms with Gasteiger partial charge in [0.15, 0.2) is 5.16 Å². The second kappa shape index (κ2) is 11.4. The lowest BCUT2D eigenvalue weighted by atomic mass is 10.2. The van der Waals surface area contributed by atoms with E-state index >= 15 is 0 Å². The Morgan fingerprint density at radius 1 is 1.21 bits per heavy atom. The lowest BCUT2D eigenvalue weighted by molar-refractivity contribution is -0.384. The number of nitro groups is 1. The van der Waals surface area contributed by atoms with Crippen molar-refractivity contribution in [3.8, 4) is 0 Å². The topological polar surface area (TPSA) is 132 Å². The van der Waals surface area contributed by atoms with E-state index in [1.807, 2.05) is 11.5 Å². The summed E-state index contributed by atoms with van der Waals surface area (Å²) in [5.41, 5.74) is 0.954. The number of nitrogens with zero attached hydrogens (tertiary/aromatic N) is 4. The summed E-state index contributed by atoms with van der Waals surface area (Å²) >= 11 is 1.18. The van der Waals surface area contributed by atoms with Crippen molar-refractivity contribution in [1.82, 2.24) is 20.1 Å². The number of nitrogens with one attached hydrogen (secondary N) is 2. The van der Waals surface area contributed by atoms with Gasteiger partial charge in [0, 0.05) is 31.6 Å². The summed E-state index contributed by atoms with van der Waals surface area (Å²) in [5.74, 6) is -0.784. The quantitative estimate of drug-likeness (QED) is 0.255. The van der Waals surface area contributed by atoms with Crippen LogP contribution in [0.3, 0.4) is 0 Å². The Morgan fingerprint density at radius 2 is 1.97 bits per heavy atom. The second-order valence-electron chi connectivity index (χ2n) is 7.22. The third kappa shape index (κ3) is 6.16. The van der Waals surface area contributed by atoms with E-state index in [4.69, 9.17) is 0 Å². The lowest BCUT2D eigenvalue weighted by Crippen LogP contribution is -2.27. The van der Waals surface area contributed by atoms with Crippen molar-refractivity contribution < 1.29 is 18.9 Å². The molecule has 0 spiro atoms. The fraction of sp³-hybridized carbons (Fsp3) is 0.273. The van der Waals surface area contributed by atoms with Crippen LogP contribution in [0.4, 0.5) is 15.8 Å². The summed E-state index contributed by atoms with van der Waals surface area (Å²) < 4.78 is 15.5. The van der Waals surface area contributed by atoms with E-state index in [0.717, 1.165) is 0 Å². The molecule has 0 saturated heterocycles. The van der Waals surface area contributed by atoms with Crippen molar-refractivity contribution in [2.45, 2.75) is 32.0 Å². The molecule has 2 N–H and O–H groups in total. The number of hydrogen-bond donors (Lipinski definition) is 2. The van der Waals surface area contributed by atoms with Crippen LogP contribution in [0.15, 0.2) is 47.6 Å². The number of rotatable bonds is 10. The molecule has 0 aliphatic rings. The first-order valence-corrected chi connectivity index (χ1v) is 11.4. The number of hydrogen-bond acceptors (Lipinski definition) is 7. The van der Waals surface area contributed by atoms with Crippen molar-refractivity contribution in [3.63, 3.8) is 0 Å². The Balaban J connectivity index is 1.55. The number of carbonyl (C=O) groups excluding carboxylic acids is 2. The molecule has 1 heterocycles. The van der Waals surface area contributed by atoms with Gasteiger partial charge in [-0.15, -0.1) is 10.2 Å². The molecule has 0 aliphatic heterocycles. The molecule has 2 aromatic carbocycles. The van der Waals surface area contributed by atoms with Crippen molar-refractivity contribution in [2.75, 3.05) is 17.6 Å². The molecule has 0 bridgehead atoms. The normalized spacial score (nSPS) is 10.7. The average Bonchev–Trinajstić information content (AvgIpc) is 3.20. The Kier molecular flexibility index (Phi) is 8.30. The zero-order valence-electron chi connectivity index (χ0n) is 18.6. The van der Waals surface area contributed by atoms with E-state index in [2.05, 4.69) is 20.8 Å². The summed E-state index contributed by atoms with van der Waals surface area (Å²) in [6.45, 7) is 4.44. The number of aromatic nitrogens is 3. The molecule has 12 heteroatoms. The maximum Gasteiger partial charge on any atom is 0.271 e. The number of halogens is 1. The summed E-state index contributed by atoms with van der Waals surface area (Å²) in [4.78, 5) is 35.0. The molecule has 178 valence electrons. The highest BCUT2D eigenvalue weighted by atomic mass is 32.2. The van der Waals surface area contributed by atoms with Crippen LogP contribution in [-0.2, 0) is 17.8 Å². The molecular weight excluding hydrogens is 463 g/mol. The number of carbonyl (C=O) groups is 2. The van der Waals surface area contributed by atoms with Crippen LogP contribution in [0.25, 0.3) is 0 Å². The van der Waals surface area contributed by atoms with Gasteiger partial charge < -0.3 is 15.2 Å². The molecule has 0 radical (unpaired) electrons. The summed E-state index contributed by atoms with van der Waals surface area (Å²) in [6.07, 6.45) is 0.376. The minimum Gasteiger partial charge on any atom is -0.351 e. The molecule has 0 unspecified atom stereocenters. The zero-order chi connectivity index (χ0) is 24.7. The number of nitro benzene ring substituents is 1. The largest absolute Gasteiger partial charge is 0.351 e. The highest BCUT2D eigenvalue weighted by molar-refractivity contribution is 7.99. The van der Waals surface area contributed by atoms with Crippen LogP contribution in [0.2, 0.25) is 0 Å². The number of aryl methyl sites for hydroxylation is 1. The predicted molar refractivity (Wildman–Crippen MR) is 125 cm³/mol. The van der Waals surface area contributed by atoms with Gasteiger partial charge in [0.1, 0.15) is 11.6 Å². The van der Waals surface area contributed by atoms with E-state index in [-0.39, 0.29) is 29.5 Å². The molecule has 3 rings (SSSR count). The number of non-ortho nitro benzene ring substituents is 1. The molecule has 0 saturated carbocycles. The standard InChI is InChI=1S/C22H23FN6O4S/c1-3-28-19(10-11-24-21(31)16-6-4-5-7-17(16)23)26-27-22(28)34-13-20(30)25-18-12-15(29(32)33)9-8-14(18)2/h4-9,12H,3,10-11,13H2,1-2H3,(H,24,31)(H,25,30). The summed E-state index contributed by atoms with van der Waals surface area (Å²) in [6, 6.07) is 10.0. The summed E-state index contributed by atoms with van der Waals surface area (Å²) in [5, 5.41) is 25.1. The van der Waals surface area contributed by atoms with Gasteiger partial charge in [0.05, 0.1) is 21.9 Å². The minimum absolute atomic E-state index is 0.0271. The Hall–Kier alpha value is -3.80. The molecule has 0 fully saturated rings. The number of amides is 2. The predicted octanol–water partition coefficient (Wildman–Crippen LogP) is 3.36. The maximum atomic E-state index is 13.7. The molecule has 0 aliphatic carbocycles. The molecule has 34 heavy (non-hydrogen) atoms. The van der Waals surface area contributed by atoms with Crippen LogP contribution in [0.1, 0.15) is 28.7 Å². The minimum atomic E-state index is -0.589. The molecule has 1 aromatic heterocycles. The highest BCUT2D eigenvalue weighted by Gasteiger charge is 2.16. The number of anilines is 1. The van der Waals surface area contributed by atoms with E-state index in [0.29, 0.717) is 35.2 Å². The molecule has 0 atom stereocenters. The monoisotopic (exact) mass is 486 g/mol. The van der Waals surface area contributed by atoms with Gasteiger partial charge in [0.25, 0.3) is 11.6 Å². The first-order chi connectivity index (χ1) is 16.3. The van der Waals surface area contributed by atoms with Crippen molar-refractivity contribution in [1.29, 1.82) is 0 Å². The van der Waals surface area contributed by atoms with E-state index in [9.17, 15) is 24.1 Å². The SMILES string of the molecule is CCn1c(CCNC(=O)c2ccccc2F)nnc1SCC(=O)Nc1cc([N+](=O)[O-])ccc1C. The van der Waals surface area contributed by atoms with Crippen LogP contribution in [0.5, 0.6) is 0 Å². The van der Waals surface area contributed by atoms with Crippen LogP contribution >= 0.6 is 11.8 Å². The van der Waals surface area contributed by atoms with Gasteiger partial charge in [-0.25, -0.2) is 4.39 Å². The van der Waals surface area contributed by atoms with Gasteiger partial charge in [-0.1, -0.05) is 30.0 Å². The molecule has 3 aromatic rings. The second-order valence-corrected chi connectivity index (χ2v) is 8.16. The zero-order valence-corrected chi connectivity index (χ0v) is 19.4. The maximum absolute atomic E-state index is 13.7. The first-order valence-electron chi connectivity index (χ1n) is 10.4. The van der Waals surface area contributed by atoms with Gasteiger partial charge in [0.2, 0.25) is 5.91 Å². The fourth-order valence-electron chi connectivity index (χ4n) is 3.13. The summed E-state index contributed by atoms with van der Waals surface area (Å²) in [7, 11) is 0. The van der Waals surface area contributed by atoms with Crippen LogP contribution in [-0.4, -0.2) is 43.8 Å². The third-order valence-corrected chi connectivity index (χ3v) is 5.87. The third-order valence-electron chi connectivity index (χ3n) is 4.90. The fourth-order valence-corrected chi connectivity index (χ4v) is 3.95. The van der Waals surface area contributed by atoms with E-state index in [1.54, 1.807) is 19.1 Å². The Bertz CT molecular complexity index is 1220. The van der Waals surface area contributed by atoms with Crippen LogP contribution in [0, 0.1) is 22.9 Å². The van der Waals surface area contributed by atoms with Crippen molar-refractivity contribution in [3.05, 3.63) is 75.3 Å². The van der Waals surface area contributed by atoms with Crippen LogP contribution < -0.4 is 10.6 Å². The smallest absolute Gasteiger partial charge is 0.271 e. The Labute approximate surface area is 199 Å². The average molecular weight is 487 g/mol. The molecular formula is C22H23FN6O4S. The molecule has 2 amide bonds. The van der Waals surface area contributed by atoms with Crippen molar-refractivity contribution >= 4 is 35.0 Å². The van der Waals surface area contributed by atoms with Crippen molar-refractivity contribution in [2.24, 2.45) is 0 Å². The highest BCUT2D eigenvalue weighted by Crippen LogP contribution is 2.23. The molecule has 10 nitrogen and oxygen atoms in total. The lowest BCUT2D eigenvalue weighted by Gasteiger charge is -2.10. The van der Waals surface area contributed by atoms with Gasteiger partial charge in [-0.2, -0.15) is 0 Å². The van der Waals surface area contributed by atoms with Gasteiger partial charge in [-0.05, 0) is 31.5 Å². The van der Waals surface area contributed by atoms with Gasteiger partial charge in [-0.3, -0.25) is 19.7 Å². The van der Waals surface area contributed by atoms with E-state index in [1.165, 1.54) is 42.1 Å². The Morgan fingerprint density at radius 3 is 2.68 bits per heavy atom. The van der Waals surface area contributed by atoms with Gasteiger partial charge >= 0.3 is 0 Å². The first kappa shape index (κ1) is 24.8. The van der Waals surface area contributed by atoms with E-state index < -0.39 is 16.6 Å².